The van der Waals surface area contributed by atoms with Crippen LogP contribution in [0.5, 0.6) is 0 Å². The number of carboxylic acids is 1. The number of amides is 1. The molecule has 0 aliphatic carbocycles. The summed E-state index contributed by atoms with van der Waals surface area (Å²) in [7, 11) is 0. The number of carboxylic acid groups (broad SMARTS) is 1. The predicted molar refractivity (Wildman–Crippen MR) is 81.6 cm³/mol. The van der Waals surface area contributed by atoms with Crippen LogP contribution in [0.1, 0.15) is 32.8 Å². The highest BCUT2D eigenvalue weighted by molar-refractivity contribution is 5.88. The van der Waals surface area contributed by atoms with Crippen LogP contribution in [0.15, 0.2) is 30.3 Å². The number of nitrogens with two attached hydrogens (primary N) is 1. The van der Waals surface area contributed by atoms with Crippen LogP contribution in [-0.2, 0) is 15.1 Å². The Morgan fingerprint density at radius 2 is 1.86 bits per heavy atom. The van der Waals surface area contributed by atoms with E-state index in [9.17, 15) is 14.7 Å². The molecule has 0 bridgehead atoms. The summed E-state index contributed by atoms with van der Waals surface area (Å²) in [5.41, 5.74) is 4.73. The topological polar surface area (TPSA) is 92.4 Å². The molecule has 21 heavy (non-hydrogen) atoms. The van der Waals surface area contributed by atoms with E-state index in [-0.39, 0.29) is 18.4 Å². The molecule has 0 aromatic heterocycles. The van der Waals surface area contributed by atoms with Crippen LogP contribution < -0.4 is 11.1 Å². The number of carbonyl (C=O) groups is 2. The smallest absolute Gasteiger partial charge is 0.333 e. The van der Waals surface area contributed by atoms with Gasteiger partial charge in [-0.05, 0) is 24.8 Å². The van der Waals surface area contributed by atoms with Gasteiger partial charge in [0.1, 0.15) is 0 Å². The molecular weight excluding hydrogens is 268 g/mol. The van der Waals surface area contributed by atoms with Crippen LogP contribution >= 0.6 is 0 Å². The number of benzene rings is 1. The lowest BCUT2D eigenvalue weighted by molar-refractivity contribution is -0.148. The van der Waals surface area contributed by atoms with E-state index in [0.717, 1.165) is 0 Å². The summed E-state index contributed by atoms with van der Waals surface area (Å²) in [6, 6.07) is 8.67. The van der Waals surface area contributed by atoms with Gasteiger partial charge in [-0.25, -0.2) is 4.79 Å². The number of carbonyl (C=O) groups excluding carboxylic acids is 1. The molecule has 0 saturated carbocycles. The summed E-state index contributed by atoms with van der Waals surface area (Å²) in [5.74, 6) is -1.48. The zero-order valence-corrected chi connectivity index (χ0v) is 12.8. The van der Waals surface area contributed by atoms with Crippen molar-refractivity contribution >= 4 is 11.9 Å². The lowest BCUT2D eigenvalue weighted by atomic mass is 9.89. The Morgan fingerprint density at radius 1 is 1.29 bits per heavy atom. The Kier molecular flexibility index (Phi) is 5.90. The van der Waals surface area contributed by atoms with Crippen molar-refractivity contribution in [2.75, 3.05) is 6.54 Å². The van der Waals surface area contributed by atoms with Gasteiger partial charge in [0.2, 0.25) is 5.91 Å². The van der Waals surface area contributed by atoms with Crippen molar-refractivity contribution < 1.29 is 14.7 Å². The van der Waals surface area contributed by atoms with Crippen molar-refractivity contribution in [1.29, 1.82) is 0 Å². The molecule has 5 heteroatoms. The van der Waals surface area contributed by atoms with E-state index in [1.54, 1.807) is 30.3 Å². The molecular formula is C16H24N2O3. The molecule has 2 unspecified atom stereocenters. The second kappa shape index (κ2) is 7.22. The first-order valence-corrected chi connectivity index (χ1v) is 7.12. The highest BCUT2D eigenvalue weighted by Gasteiger charge is 2.38. The van der Waals surface area contributed by atoms with Crippen LogP contribution in [-0.4, -0.2) is 23.5 Å². The zero-order valence-electron chi connectivity index (χ0n) is 12.8. The summed E-state index contributed by atoms with van der Waals surface area (Å²) in [5, 5.41) is 12.2. The maximum Gasteiger partial charge on any atom is 0.333 e. The fourth-order valence-corrected chi connectivity index (χ4v) is 2.25. The summed E-state index contributed by atoms with van der Waals surface area (Å²) >= 11 is 0. The van der Waals surface area contributed by atoms with E-state index >= 15 is 0 Å². The minimum Gasteiger partial charge on any atom is -0.479 e. The zero-order chi connectivity index (χ0) is 16.0. The SMILES string of the molecule is CC(C)CC(CN)C(=O)NC(C)(C(=O)O)c1ccccc1. The molecule has 0 spiro atoms. The van der Waals surface area contributed by atoms with Crippen LogP contribution in [0.25, 0.3) is 0 Å². The van der Waals surface area contributed by atoms with Crippen LogP contribution in [0.4, 0.5) is 0 Å². The van der Waals surface area contributed by atoms with Gasteiger partial charge in [-0.3, -0.25) is 4.79 Å². The normalized spacial score (nSPS) is 15.3. The van der Waals surface area contributed by atoms with E-state index in [1.165, 1.54) is 6.92 Å². The molecule has 5 nitrogen and oxygen atoms in total. The molecule has 2 atom stereocenters. The van der Waals surface area contributed by atoms with Crippen LogP contribution in [0, 0.1) is 11.8 Å². The molecule has 1 aromatic rings. The van der Waals surface area contributed by atoms with Crippen molar-refractivity contribution in [3.63, 3.8) is 0 Å². The second-order valence-corrected chi connectivity index (χ2v) is 5.85. The van der Waals surface area contributed by atoms with E-state index in [0.29, 0.717) is 17.9 Å². The Bertz CT molecular complexity index is 488. The summed E-state index contributed by atoms with van der Waals surface area (Å²) in [6.07, 6.45) is 0.632. The Morgan fingerprint density at radius 3 is 2.29 bits per heavy atom. The lowest BCUT2D eigenvalue weighted by Crippen LogP contribution is -2.52. The van der Waals surface area contributed by atoms with Gasteiger partial charge >= 0.3 is 5.97 Å². The first kappa shape index (κ1) is 17.2. The molecule has 4 N–H and O–H groups in total. The summed E-state index contributed by atoms with van der Waals surface area (Å²) < 4.78 is 0. The van der Waals surface area contributed by atoms with Gasteiger partial charge in [0.25, 0.3) is 0 Å². The molecule has 0 heterocycles. The third-order valence-corrected chi connectivity index (χ3v) is 3.56. The number of nitrogens with one attached hydrogen (secondary N) is 1. The van der Waals surface area contributed by atoms with E-state index in [2.05, 4.69) is 5.32 Å². The van der Waals surface area contributed by atoms with Crippen molar-refractivity contribution in [1.82, 2.24) is 5.32 Å². The van der Waals surface area contributed by atoms with Gasteiger partial charge in [0.05, 0.1) is 5.92 Å². The molecule has 1 amide bonds. The molecule has 0 aliphatic rings. The monoisotopic (exact) mass is 292 g/mol. The molecule has 0 radical (unpaired) electrons. The quantitative estimate of drug-likeness (QED) is 0.713. The second-order valence-electron chi connectivity index (χ2n) is 5.85. The highest BCUT2D eigenvalue weighted by atomic mass is 16.4. The van der Waals surface area contributed by atoms with Gasteiger partial charge in [0, 0.05) is 6.54 Å². The molecule has 1 rings (SSSR count). The third kappa shape index (κ3) is 4.29. The van der Waals surface area contributed by atoms with Crippen molar-refractivity contribution in [2.45, 2.75) is 32.7 Å². The average Bonchev–Trinajstić information content (AvgIpc) is 2.44. The molecule has 0 aliphatic heterocycles. The lowest BCUT2D eigenvalue weighted by Gasteiger charge is -2.29. The number of hydrogen-bond acceptors (Lipinski definition) is 3. The van der Waals surface area contributed by atoms with E-state index < -0.39 is 11.5 Å². The molecule has 0 saturated heterocycles. The first-order chi connectivity index (χ1) is 9.81. The van der Waals surface area contributed by atoms with Gasteiger partial charge < -0.3 is 16.2 Å². The largest absolute Gasteiger partial charge is 0.479 e. The third-order valence-electron chi connectivity index (χ3n) is 3.56. The number of hydrogen-bond donors (Lipinski definition) is 3. The van der Waals surface area contributed by atoms with Crippen LogP contribution in [0.2, 0.25) is 0 Å². The fourth-order valence-electron chi connectivity index (χ4n) is 2.25. The Labute approximate surface area is 125 Å². The predicted octanol–water partition coefficient (Wildman–Crippen LogP) is 1.72. The molecule has 0 fully saturated rings. The number of rotatable bonds is 7. The Balaban J connectivity index is 2.98. The van der Waals surface area contributed by atoms with Gasteiger partial charge in [-0.2, -0.15) is 0 Å². The Hall–Kier alpha value is -1.88. The standard InChI is InChI=1S/C16H24N2O3/c1-11(2)9-12(10-17)14(19)18-16(3,15(20)21)13-7-5-4-6-8-13/h4-8,11-12H,9-10,17H2,1-3H3,(H,18,19)(H,20,21). The van der Waals surface area contributed by atoms with Crippen molar-refractivity contribution in [2.24, 2.45) is 17.6 Å². The summed E-state index contributed by atoms with van der Waals surface area (Å²) in [4.78, 5) is 24.0. The molecule has 116 valence electrons. The molecule has 1 aromatic carbocycles. The first-order valence-electron chi connectivity index (χ1n) is 7.12. The van der Waals surface area contributed by atoms with Gasteiger partial charge in [-0.15, -0.1) is 0 Å². The number of aliphatic carboxylic acids is 1. The summed E-state index contributed by atoms with van der Waals surface area (Å²) in [6.45, 7) is 5.70. The maximum atomic E-state index is 12.3. The van der Waals surface area contributed by atoms with Crippen molar-refractivity contribution in [3.05, 3.63) is 35.9 Å². The van der Waals surface area contributed by atoms with Gasteiger partial charge in [0.15, 0.2) is 5.54 Å². The van der Waals surface area contributed by atoms with E-state index in [1.807, 2.05) is 13.8 Å². The van der Waals surface area contributed by atoms with Crippen molar-refractivity contribution in [3.8, 4) is 0 Å². The average molecular weight is 292 g/mol. The maximum absolute atomic E-state index is 12.3. The van der Waals surface area contributed by atoms with Crippen LogP contribution in [0.3, 0.4) is 0 Å². The minimum absolute atomic E-state index is 0.203. The minimum atomic E-state index is -1.46. The van der Waals surface area contributed by atoms with E-state index in [4.69, 9.17) is 5.73 Å². The van der Waals surface area contributed by atoms with Gasteiger partial charge in [-0.1, -0.05) is 44.2 Å². The fraction of sp³-hybridized carbons (Fsp3) is 0.500. The highest BCUT2D eigenvalue weighted by Crippen LogP contribution is 2.22.